The van der Waals surface area contributed by atoms with Crippen molar-refractivity contribution in [3.63, 3.8) is 0 Å². The van der Waals surface area contributed by atoms with Crippen LogP contribution in [0.5, 0.6) is 0 Å². The van der Waals surface area contributed by atoms with Gasteiger partial charge in [-0.2, -0.15) is 4.98 Å². The molecule has 1 aromatic carbocycles. The van der Waals surface area contributed by atoms with Crippen molar-refractivity contribution in [3.8, 4) is 0 Å². The zero-order chi connectivity index (χ0) is 12.9. The molecule has 0 bridgehead atoms. The van der Waals surface area contributed by atoms with Crippen molar-refractivity contribution in [3.05, 3.63) is 29.0 Å². The highest BCUT2D eigenvalue weighted by atomic mass is 32.1. The zero-order valence-electron chi connectivity index (χ0n) is 10.3. The number of fused-ring (bicyclic) bond motifs is 1. The van der Waals surface area contributed by atoms with Crippen LogP contribution in [0.4, 0.5) is 5.13 Å². The molecule has 2 aromatic rings. The van der Waals surface area contributed by atoms with E-state index in [0.29, 0.717) is 11.7 Å². The van der Waals surface area contributed by atoms with E-state index >= 15 is 0 Å². The molecule has 0 amide bonds. The molecule has 0 radical (unpaired) electrons. The summed E-state index contributed by atoms with van der Waals surface area (Å²) in [5.74, 6) is 0. The molecule has 1 aliphatic heterocycles. The van der Waals surface area contributed by atoms with Gasteiger partial charge in [-0.3, -0.25) is 9.55 Å². The number of hydrogen-bond acceptors (Lipinski definition) is 5. The molecule has 1 fully saturated rings. The van der Waals surface area contributed by atoms with E-state index in [1.165, 1.54) is 11.3 Å². The number of benzene rings is 1. The molecule has 5 nitrogen and oxygen atoms in total. The number of quaternary nitrogens is 1. The summed E-state index contributed by atoms with van der Waals surface area (Å²) in [7, 11) is 1.83. The Kier molecular flexibility index (Phi) is 2.65. The van der Waals surface area contributed by atoms with Crippen LogP contribution >= 0.6 is 11.3 Å². The van der Waals surface area contributed by atoms with Crippen molar-refractivity contribution in [2.24, 2.45) is 0 Å². The lowest BCUT2D eigenvalue weighted by atomic mass is 10.2. The number of β-amino-alcohol motifs (C(OH)–C–C–N with tert-alkyl or cyclic N) is 1. The highest BCUT2D eigenvalue weighted by Gasteiger charge is 2.41. The first-order chi connectivity index (χ1) is 8.49. The lowest BCUT2D eigenvalue weighted by Gasteiger charge is -2.36. The second-order valence-corrected chi connectivity index (χ2v) is 5.93. The smallest absolute Gasteiger partial charge is 0.290 e. The number of aliphatic hydroxyl groups excluding tert-OH is 1. The second kappa shape index (κ2) is 3.97. The molecule has 1 aliphatic rings. The van der Waals surface area contributed by atoms with Crippen LogP contribution in [0.15, 0.2) is 18.2 Å². The van der Waals surface area contributed by atoms with Crippen molar-refractivity contribution in [2.75, 3.05) is 20.3 Å². The summed E-state index contributed by atoms with van der Waals surface area (Å²) < 4.78 is 0.236. The minimum Gasteiger partial charge on any atom is -0.623 e. The van der Waals surface area contributed by atoms with Gasteiger partial charge in [0.15, 0.2) is 0 Å². The average Bonchev–Trinajstić information content (AvgIpc) is 2.81. The monoisotopic (exact) mass is 265 g/mol. The standard InChI is InChI=1S/C12H15N3O2S/c1-8-3-4-10-9(5-8)13-12(18-10)15(17)7-14(2)6-11(15)16/h3-5,11,16H,6-7H2,1-2H3. The van der Waals surface area contributed by atoms with Crippen LogP contribution in [-0.4, -0.2) is 41.5 Å². The first kappa shape index (κ1) is 12.0. The fraction of sp³-hybridized carbons (Fsp3) is 0.417. The van der Waals surface area contributed by atoms with Crippen LogP contribution in [0.1, 0.15) is 5.56 Å². The van der Waals surface area contributed by atoms with Crippen LogP contribution in [0, 0.1) is 12.1 Å². The van der Waals surface area contributed by atoms with Crippen molar-refractivity contribution in [2.45, 2.75) is 13.2 Å². The van der Waals surface area contributed by atoms with Gasteiger partial charge in [-0.1, -0.05) is 17.4 Å². The molecule has 3 rings (SSSR count). The number of hydrogen-bond donors (Lipinski definition) is 1. The molecule has 96 valence electrons. The third-order valence-corrected chi connectivity index (χ3v) is 4.41. The van der Waals surface area contributed by atoms with E-state index in [2.05, 4.69) is 4.98 Å². The minimum atomic E-state index is -0.948. The van der Waals surface area contributed by atoms with Crippen LogP contribution in [0.25, 0.3) is 10.2 Å². The molecule has 0 saturated carbocycles. The van der Waals surface area contributed by atoms with Gasteiger partial charge in [0.25, 0.3) is 5.13 Å². The number of nitrogens with zero attached hydrogens (tertiary/aromatic N) is 3. The lowest BCUT2D eigenvalue weighted by Crippen LogP contribution is -2.48. The summed E-state index contributed by atoms with van der Waals surface area (Å²) in [6.07, 6.45) is -0.948. The minimum absolute atomic E-state index is 0.250. The highest BCUT2D eigenvalue weighted by molar-refractivity contribution is 7.22. The Hall–Kier alpha value is -1.05. The number of rotatable bonds is 1. The maximum atomic E-state index is 12.7. The number of aliphatic hydroxyl groups is 1. The Labute approximate surface area is 109 Å². The van der Waals surface area contributed by atoms with Gasteiger partial charge in [0.2, 0.25) is 6.23 Å². The maximum absolute atomic E-state index is 12.7. The van der Waals surface area contributed by atoms with Crippen molar-refractivity contribution in [1.82, 2.24) is 14.5 Å². The number of likely N-dealkylation sites (N-methyl/N-ethyl adjacent to an activating group) is 1. The molecule has 0 spiro atoms. The lowest BCUT2D eigenvalue weighted by molar-refractivity contribution is 0.0849. The Morgan fingerprint density at radius 3 is 3.00 bits per heavy atom. The van der Waals surface area contributed by atoms with E-state index in [-0.39, 0.29) is 6.67 Å². The van der Waals surface area contributed by atoms with Gasteiger partial charge in [-0.15, -0.1) is 0 Å². The molecule has 18 heavy (non-hydrogen) atoms. The first-order valence-electron chi connectivity index (χ1n) is 5.82. The fourth-order valence-corrected chi connectivity index (χ4v) is 3.32. The normalized spacial score (nSPS) is 29.2. The second-order valence-electron chi connectivity index (χ2n) is 4.92. The zero-order valence-corrected chi connectivity index (χ0v) is 11.1. The quantitative estimate of drug-likeness (QED) is 0.629. The van der Waals surface area contributed by atoms with Gasteiger partial charge in [0.05, 0.1) is 16.8 Å². The molecular formula is C12H15N3O2S. The molecule has 2 heterocycles. The maximum Gasteiger partial charge on any atom is 0.290 e. The Morgan fingerprint density at radius 2 is 2.33 bits per heavy atom. The molecule has 1 N–H and O–H groups in total. The van der Waals surface area contributed by atoms with Gasteiger partial charge in [-0.05, 0) is 31.7 Å². The third-order valence-electron chi connectivity index (χ3n) is 3.26. The van der Waals surface area contributed by atoms with Gasteiger partial charge in [0.1, 0.15) is 6.67 Å². The van der Waals surface area contributed by atoms with Crippen LogP contribution in [0.2, 0.25) is 0 Å². The number of aryl methyl sites for hydroxylation is 1. The molecule has 2 atom stereocenters. The number of hydroxylamine groups is 2. The topological polar surface area (TPSA) is 59.4 Å². The largest absolute Gasteiger partial charge is 0.623 e. The summed E-state index contributed by atoms with van der Waals surface area (Å²) in [6, 6.07) is 5.95. The third kappa shape index (κ3) is 1.73. The van der Waals surface area contributed by atoms with E-state index < -0.39 is 10.9 Å². The molecule has 1 aromatic heterocycles. The van der Waals surface area contributed by atoms with Crippen LogP contribution < -0.4 is 4.65 Å². The SMILES string of the molecule is Cc1ccc2sc([N+]3([O-])CN(C)CC3O)nc2c1. The summed E-state index contributed by atoms with van der Waals surface area (Å²) in [4.78, 5) is 6.23. The molecule has 0 aliphatic carbocycles. The van der Waals surface area contributed by atoms with Gasteiger partial charge in [-0.25, -0.2) is 0 Å². The number of thiazole rings is 1. The first-order valence-corrected chi connectivity index (χ1v) is 6.64. The fourth-order valence-electron chi connectivity index (χ4n) is 2.30. The summed E-state index contributed by atoms with van der Waals surface area (Å²) in [5, 5.41) is 23.1. The van der Waals surface area contributed by atoms with Crippen LogP contribution in [0.3, 0.4) is 0 Å². The predicted octanol–water partition coefficient (Wildman–Crippen LogP) is 1.63. The van der Waals surface area contributed by atoms with Crippen molar-refractivity contribution in [1.29, 1.82) is 0 Å². The summed E-state index contributed by atoms with van der Waals surface area (Å²) >= 11 is 1.37. The van der Waals surface area contributed by atoms with E-state index in [1.807, 2.05) is 37.1 Å². The highest BCUT2D eigenvalue weighted by Crippen LogP contribution is 2.36. The Bertz CT molecular complexity index is 600. The van der Waals surface area contributed by atoms with Crippen LogP contribution in [-0.2, 0) is 0 Å². The van der Waals surface area contributed by atoms with Crippen molar-refractivity contribution >= 4 is 26.7 Å². The van der Waals surface area contributed by atoms with E-state index in [0.717, 1.165) is 15.8 Å². The van der Waals surface area contributed by atoms with E-state index in [1.54, 1.807) is 0 Å². The molecule has 1 saturated heterocycles. The summed E-state index contributed by atoms with van der Waals surface area (Å²) in [6.45, 7) is 2.64. The van der Waals surface area contributed by atoms with Gasteiger partial charge >= 0.3 is 0 Å². The summed E-state index contributed by atoms with van der Waals surface area (Å²) in [5.41, 5.74) is 1.96. The van der Waals surface area contributed by atoms with Gasteiger partial charge < -0.3 is 10.3 Å². The molecule has 6 heteroatoms. The Balaban J connectivity index is 2.09. The van der Waals surface area contributed by atoms with Gasteiger partial charge in [0, 0.05) is 0 Å². The van der Waals surface area contributed by atoms with E-state index in [9.17, 15) is 10.3 Å². The Morgan fingerprint density at radius 1 is 1.56 bits per heavy atom. The molecule has 2 unspecified atom stereocenters. The predicted molar refractivity (Wildman–Crippen MR) is 73.0 cm³/mol. The molecular weight excluding hydrogens is 250 g/mol. The van der Waals surface area contributed by atoms with Crippen molar-refractivity contribution < 1.29 is 5.11 Å². The number of aromatic nitrogens is 1. The average molecular weight is 265 g/mol. The van der Waals surface area contributed by atoms with E-state index in [4.69, 9.17) is 0 Å².